The zero-order valence-electron chi connectivity index (χ0n) is 8.77. The van der Waals surface area contributed by atoms with E-state index in [1.807, 2.05) is 0 Å². The average Bonchev–Trinajstić information content (AvgIpc) is 2.67. The largest absolute Gasteiger partial charge is 0.481 e. The molecule has 6 nitrogen and oxygen atoms in total. The Kier molecular flexibility index (Phi) is 4.71. The van der Waals surface area contributed by atoms with Crippen LogP contribution >= 0.6 is 11.3 Å². The van der Waals surface area contributed by atoms with Gasteiger partial charge < -0.3 is 10.4 Å². The minimum absolute atomic E-state index is 0.0404. The second kappa shape index (κ2) is 6.06. The highest BCUT2D eigenvalue weighted by Crippen LogP contribution is 2.09. The van der Waals surface area contributed by atoms with Crippen molar-refractivity contribution in [3.05, 3.63) is 11.6 Å². The molecule has 2 amide bonds. The van der Waals surface area contributed by atoms with E-state index in [0.717, 1.165) is 0 Å². The molecule has 16 heavy (non-hydrogen) atoms. The van der Waals surface area contributed by atoms with Crippen LogP contribution in [0.3, 0.4) is 0 Å². The van der Waals surface area contributed by atoms with Crippen LogP contribution in [-0.4, -0.2) is 28.1 Å². The summed E-state index contributed by atoms with van der Waals surface area (Å²) in [6.07, 6.45) is 2.04. The van der Waals surface area contributed by atoms with Gasteiger partial charge in [0, 0.05) is 24.0 Å². The van der Waals surface area contributed by atoms with Crippen molar-refractivity contribution in [2.45, 2.75) is 25.8 Å². The molecule has 1 rings (SSSR count). The van der Waals surface area contributed by atoms with Crippen LogP contribution in [-0.2, 0) is 4.79 Å². The number of carbonyl (C=O) groups is 2. The Morgan fingerprint density at radius 3 is 2.94 bits per heavy atom. The highest BCUT2D eigenvalue weighted by molar-refractivity contribution is 7.13. The lowest BCUT2D eigenvalue weighted by atomic mass is 10.2. The van der Waals surface area contributed by atoms with Gasteiger partial charge in [-0.1, -0.05) is 0 Å². The molecule has 1 aromatic rings. The molecule has 0 aromatic carbocycles. The standard InChI is InChI=1S/C9H13N3O3S/c1-6(2-3-7(13)14)11-8(15)12-9-10-4-5-16-9/h4-6H,2-3H2,1H3,(H,13,14)(H2,10,11,12,15). The molecule has 0 saturated heterocycles. The monoisotopic (exact) mass is 243 g/mol. The van der Waals surface area contributed by atoms with Crippen molar-refractivity contribution in [2.24, 2.45) is 0 Å². The van der Waals surface area contributed by atoms with Crippen LogP contribution in [0, 0.1) is 0 Å². The van der Waals surface area contributed by atoms with Gasteiger partial charge in [-0.15, -0.1) is 11.3 Å². The molecule has 0 spiro atoms. The van der Waals surface area contributed by atoms with Crippen LogP contribution in [0.2, 0.25) is 0 Å². The molecular formula is C9H13N3O3S. The molecule has 88 valence electrons. The Morgan fingerprint density at radius 2 is 2.38 bits per heavy atom. The molecule has 1 unspecified atom stereocenters. The second-order valence-corrected chi connectivity index (χ2v) is 4.16. The van der Waals surface area contributed by atoms with Crippen molar-refractivity contribution < 1.29 is 14.7 Å². The van der Waals surface area contributed by atoms with Crippen LogP contribution in [0.4, 0.5) is 9.93 Å². The number of aliphatic carboxylic acids is 1. The minimum atomic E-state index is -0.867. The Hall–Kier alpha value is -1.63. The van der Waals surface area contributed by atoms with Gasteiger partial charge in [0.25, 0.3) is 0 Å². The van der Waals surface area contributed by atoms with Crippen molar-refractivity contribution in [3.8, 4) is 0 Å². The first-order valence-electron chi connectivity index (χ1n) is 4.76. The molecule has 3 N–H and O–H groups in total. The molecule has 0 bridgehead atoms. The SMILES string of the molecule is CC(CCC(=O)O)NC(=O)Nc1nccs1. The average molecular weight is 243 g/mol. The predicted molar refractivity (Wildman–Crippen MR) is 60.6 cm³/mol. The van der Waals surface area contributed by atoms with Crippen molar-refractivity contribution >= 4 is 28.5 Å². The minimum Gasteiger partial charge on any atom is -0.481 e. The van der Waals surface area contributed by atoms with Gasteiger partial charge >= 0.3 is 12.0 Å². The summed E-state index contributed by atoms with van der Waals surface area (Å²) in [5.74, 6) is -0.867. The van der Waals surface area contributed by atoms with E-state index in [1.54, 1.807) is 18.5 Å². The van der Waals surface area contributed by atoms with E-state index in [-0.39, 0.29) is 18.5 Å². The Bertz CT molecular complexity index is 353. The van der Waals surface area contributed by atoms with Crippen molar-refractivity contribution in [1.29, 1.82) is 0 Å². The number of carbonyl (C=O) groups excluding carboxylic acids is 1. The fourth-order valence-corrected chi connectivity index (χ4v) is 1.58. The third-order valence-electron chi connectivity index (χ3n) is 1.82. The summed E-state index contributed by atoms with van der Waals surface area (Å²) < 4.78 is 0. The summed E-state index contributed by atoms with van der Waals surface area (Å²) in [5.41, 5.74) is 0. The molecule has 7 heteroatoms. The summed E-state index contributed by atoms with van der Waals surface area (Å²) in [5, 5.41) is 15.9. The van der Waals surface area contributed by atoms with E-state index in [2.05, 4.69) is 15.6 Å². The van der Waals surface area contributed by atoms with Gasteiger partial charge in [-0.3, -0.25) is 10.1 Å². The van der Waals surface area contributed by atoms with Crippen molar-refractivity contribution in [3.63, 3.8) is 0 Å². The first-order chi connectivity index (χ1) is 7.58. The van der Waals surface area contributed by atoms with Crippen molar-refractivity contribution in [2.75, 3.05) is 5.32 Å². The highest BCUT2D eigenvalue weighted by Gasteiger charge is 2.09. The smallest absolute Gasteiger partial charge is 0.321 e. The zero-order valence-corrected chi connectivity index (χ0v) is 9.58. The molecule has 0 radical (unpaired) electrons. The molecular weight excluding hydrogens is 230 g/mol. The number of thiazole rings is 1. The number of nitrogens with one attached hydrogen (secondary N) is 2. The maximum absolute atomic E-state index is 11.4. The Labute approximate surface area is 96.7 Å². The number of rotatable bonds is 5. The molecule has 1 atom stereocenters. The first kappa shape index (κ1) is 12.4. The lowest BCUT2D eigenvalue weighted by molar-refractivity contribution is -0.137. The predicted octanol–water partition coefficient (Wildman–Crippen LogP) is 1.52. The number of anilines is 1. The van der Waals surface area contributed by atoms with E-state index in [4.69, 9.17) is 5.11 Å². The molecule has 0 fully saturated rings. The fourth-order valence-electron chi connectivity index (χ4n) is 1.05. The van der Waals surface area contributed by atoms with Gasteiger partial charge in [0.15, 0.2) is 5.13 Å². The summed E-state index contributed by atoms with van der Waals surface area (Å²) in [6, 6.07) is -0.552. The number of aromatic nitrogens is 1. The molecule has 0 aliphatic carbocycles. The molecule has 1 heterocycles. The van der Waals surface area contributed by atoms with Crippen LogP contribution < -0.4 is 10.6 Å². The molecule has 1 aromatic heterocycles. The van der Waals surface area contributed by atoms with E-state index >= 15 is 0 Å². The van der Waals surface area contributed by atoms with Crippen LogP contribution in [0.15, 0.2) is 11.6 Å². The van der Waals surface area contributed by atoms with E-state index in [1.165, 1.54) is 11.3 Å². The number of urea groups is 1. The maximum atomic E-state index is 11.4. The van der Waals surface area contributed by atoms with Crippen LogP contribution in [0.5, 0.6) is 0 Å². The zero-order chi connectivity index (χ0) is 12.0. The highest BCUT2D eigenvalue weighted by atomic mass is 32.1. The third-order valence-corrected chi connectivity index (χ3v) is 2.51. The Morgan fingerprint density at radius 1 is 1.62 bits per heavy atom. The first-order valence-corrected chi connectivity index (χ1v) is 5.64. The van der Waals surface area contributed by atoms with Gasteiger partial charge in [0.05, 0.1) is 0 Å². The Balaban J connectivity index is 2.25. The molecule has 0 aliphatic rings. The van der Waals surface area contributed by atoms with E-state index in [0.29, 0.717) is 11.6 Å². The lowest BCUT2D eigenvalue weighted by Gasteiger charge is -2.12. The number of nitrogens with zero attached hydrogens (tertiary/aromatic N) is 1. The normalized spacial score (nSPS) is 11.8. The molecule has 0 saturated carbocycles. The van der Waals surface area contributed by atoms with Gasteiger partial charge in [0.1, 0.15) is 0 Å². The fraction of sp³-hybridized carbons (Fsp3) is 0.444. The molecule has 0 aliphatic heterocycles. The lowest BCUT2D eigenvalue weighted by Crippen LogP contribution is -2.36. The van der Waals surface area contributed by atoms with Crippen molar-refractivity contribution in [1.82, 2.24) is 10.3 Å². The quantitative estimate of drug-likeness (QED) is 0.731. The van der Waals surface area contributed by atoms with E-state index < -0.39 is 5.97 Å². The van der Waals surface area contributed by atoms with Crippen LogP contribution in [0.25, 0.3) is 0 Å². The van der Waals surface area contributed by atoms with E-state index in [9.17, 15) is 9.59 Å². The summed E-state index contributed by atoms with van der Waals surface area (Å²) in [7, 11) is 0. The summed E-state index contributed by atoms with van der Waals surface area (Å²) in [6.45, 7) is 1.75. The third kappa shape index (κ3) is 4.74. The summed E-state index contributed by atoms with van der Waals surface area (Å²) >= 11 is 1.32. The van der Waals surface area contributed by atoms with Gasteiger partial charge in [-0.25, -0.2) is 9.78 Å². The van der Waals surface area contributed by atoms with Crippen LogP contribution in [0.1, 0.15) is 19.8 Å². The summed E-state index contributed by atoms with van der Waals surface area (Å²) in [4.78, 5) is 25.6. The van der Waals surface area contributed by atoms with Gasteiger partial charge in [-0.2, -0.15) is 0 Å². The second-order valence-electron chi connectivity index (χ2n) is 3.27. The number of hydrogen-bond donors (Lipinski definition) is 3. The number of amides is 2. The topological polar surface area (TPSA) is 91.3 Å². The number of carboxylic acids is 1. The number of carboxylic acid groups (broad SMARTS) is 1. The maximum Gasteiger partial charge on any atom is 0.321 e. The number of hydrogen-bond acceptors (Lipinski definition) is 4. The van der Waals surface area contributed by atoms with Gasteiger partial charge in [-0.05, 0) is 13.3 Å². The van der Waals surface area contributed by atoms with Gasteiger partial charge in [0.2, 0.25) is 0 Å².